The maximum absolute atomic E-state index is 12.2. The van der Waals surface area contributed by atoms with E-state index in [0.717, 1.165) is 14.7 Å². The van der Waals surface area contributed by atoms with Gasteiger partial charge in [-0.3, -0.25) is 34.4 Å². The number of nitrogens with one attached hydrogen (secondary N) is 2. The molecule has 0 aliphatic carbocycles. The Morgan fingerprint density at radius 1 is 0.968 bits per heavy atom. The van der Waals surface area contributed by atoms with E-state index >= 15 is 0 Å². The summed E-state index contributed by atoms with van der Waals surface area (Å²) in [5.74, 6) is -0.472. The molecule has 2 N–H and O–H groups in total. The van der Waals surface area contributed by atoms with Crippen molar-refractivity contribution in [3.05, 3.63) is 97.8 Å². The van der Waals surface area contributed by atoms with E-state index in [4.69, 9.17) is 16.3 Å². The molecule has 160 valence electrons. The van der Waals surface area contributed by atoms with Crippen molar-refractivity contribution >= 4 is 23.4 Å². The molecule has 0 radical (unpaired) electrons. The van der Waals surface area contributed by atoms with E-state index < -0.39 is 23.1 Å². The fraction of sp³-hybridized carbons (Fsp3) is 0.143. The zero-order valence-corrected chi connectivity index (χ0v) is 17.3. The van der Waals surface area contributed by atoms with Gasteiger partial charge in [0.1, 0.15) is 18.9 Å². The molecule has 1 aromatic heterocycles. The number of hydrogen-bond acceptors (Lipinski definition) is 5. The quantitative estimate of drug-likeness (QED) is 0.558. The molecule has 31 heavy (non-hydrogen) atoms. The average Bonchev–Trinajstić information content (AvgIpc) is 2.78. The number of amides is 2. The number of halogens is 1. The summed E-state index contributed by atoms with van der Waals surface area (Å²) in [7, 11) is 1.31. The van der Waals surface area contributed by atoms with Crippen molar-refractivity contribution in [3.8, 4) is 5.75 Å². The Labute approximate surface area is 181 Å². The van der Waals surface area contributed by atoms with E-state index in [-0.39, 0.29) is 6.54 Å². The van der Waals surface area contributed by atoms with Gasteiger partial charge in [-0.25, -0.2) is 4.79 Å². The molecule has 0 unspecified atom stereocenters. The Balaban J connectivity index is 1.50. The van der Waals surface area contributed by atoms with E-state index in [1.54, 1.807) is 48.5 Å². The van der Waals surface area contributed by atoms with Gasteiger partial charge in [0.2, 0.25) is 0 Å². The Bertz CT molecular complexity index is 1200. The minimum absolute atomic E-state index is 0.314. The number of benzene rings is 2. The zero-order valence-electron chi connectivity index (χ0n) is 16.5. The van der Waals surface area contributed by atoms with Crippen molar-refractivity contribution in [2.75, 3.05) is 0 Å². The van der Waals surface area contributed by atoms with Crippen molar-refractivity contribution in [2.45, 2.75) is 13.2 Å². The largest absolute Gasteiger partial charge is 0.489 e. The first-order valence-electron chi connectivity index (χ1n) is 9.16. The first kappa shape index (κ1) is 21.8. The van der Waals surface area contributed by atoms with Gasteiger partial charge in [-0.15, -0.1) is 0 Å². The lowest BCUT2D eigenvalue weighted by atomic mass is 10.1. The van der Waals surface area contributed by atoms with E-state index in [9.17, 15) is 19.2 Å². The number of hydrazine groups is 1. The third kappa shape index (κ3) is 5.83. The van der Waals surface area contributed by atoms with Crippen LogP contribution < -0.4 is 26.8 Å². The number of rotatable bonds is 6. The summed E-state index contributed by atoms with van der Waals surface area (Å²) in [5, 5.41) is 0.622. The summed E-state index contributed by atoms with van der Waals surface area (Å²) in [6.45, 7) is -0.0389. The van der Waals surface area contributed by atoms with Crippen LogP contribution in [0.25, 0.3) is 0 Å². The van der Waals surface area contributed by atoms with E-state index in [2.05, 4.69) is 10.9 Å². The molecular weight excluding hydrogens is 424 g/mol. The first-order chi connectivity index (χ1) is 14.8. The SMILES string of the molecule is Cn1c(=O)ccn(CC(=O)NNC(=O)c2ccc(COc3ccc(Cl)cc3)cc2)c1=O. The molecule has 9 nitrogen and oxygen atoms in total. The normalized spacial score (nSPS) is 10.4. The molecule has 2 aromatic carbocycles. The molecule has 1 heterocycles. The summed E-state index contributed by atoms with van der Waals surface area (Å²) in [6.07, 6.45) is 1.22. The molecule has 0 aliphatic rings. The van der Waals surface area contributed by atoms with Gasteiger partial charge in [0.25, 0.3) is 17.4 Å². The molecule has 0 spiro atoms. The molecule has 3 aromatic rings. The summed E-state index contributed by atoms with van der Waals surface area (Å²) < 4.78 is 7.58. The summed E-state index contributed by atoms with van der Waals surface area (Å²) in [6, 6.07) is 14.8. The van der Waals surface area contributed by atoms with Crippen molar-refractivity contribution in [1.29, 1.82) is 0 Å². The third-order valence-electron chi connectivity index (χ3n) is 4.32. The maximum atomic E-state index is 12.2. The molecular formula is C21H19ClN4O5. The average molecular weight is 443 g/mol. The molecule has 0 fully saturated rings. The number of hydrogen-bond donors (Lipinski definition) is 2. The van der Waals surface area contributed by atoms with Crippen molar-refractivity contribution in [2.24, 2.45) is 7.05 Å². The van der Waals surface area contributed by atoms with Crippen LogP contribution in [0.3, 0.4) is 0 Å². The Hall–Kier alpha value is -3.85. The fourth-order valence-electron chi connectivity index (χ4n) is 2.58. The summed E-state index contributed by atoms with van der Waals surface area (Å²) in [4.78, 5) is 47.5. The predicted molar refractivity (Wildman–Crippen MR) is 114 cm³/mol. The Kier molecular flexibility index (Phi) is 6.88. The van der Waals surface area contributed by atoms with Gasteiger partial charge < -0.3 is 4.74 Å². The highest BCUT2D eigenvalue weighted by Gasteiger charge is 2.10. The molecule has 3 rings (SSSR count). The standard InChI is InChI=1S/C21H19ClN4O5/c1-25-19(28)10-11-26(21(25)30)12-18(27)23-24-20(29)15-4-2-14(3-5-15)13-31-17-8-6-16(22)7-9-17/h2-11H,12-13H2,1H3,(H,23,27)(H,24,29). The van der Waals surface area contributed by atoms with Gasteiger partial charge in [-0.1, -0.05) is 23.7 Å². The van der Waals surface area contributed by atoms with Gasteiger partial charge in [-0.2, -0.15) is 0 Å². The number of ether oxygens (including phenoxy) is 1. The minimum atomic E-state index is -0.634. The summed E-state index contributed by atoms with van der Waals surface area (Å²) in [5.41, 5.74) is 4.59. The van der Waals surface area contributed by atoms with E-state index in [0.29, 0.717) is 22.9 Å². The van der Waals surface area contributed by atoms with Gasteiger partial charge in [-0.05, 0) is 42.0 Å². The lowest BCUT2D eigenvalue weighted by Crippen LogP contribution is -2.45. The number of nitrogens with zero attached hydrogens (tertiary/aromatic N) is 2. The highest BCUT2D eigenvalue weighted by Crippen LogP contribution is 2.17. The molecule has 0 aliphatic heterocycles. The molecule has 0 saturated carbocycles. The highest BCUT2D eigenvalue weighted by molar-refractivity contribution is 6.30. The first-order valence-corrected chi connectivity index (χ1v) is 9.54. The van der Waals surface area contributed by atoms with E-state index in [1.807, 2.05) is 0 Å². The Morgan fingerprint density at radius 3 is 2.32 bits per heavy atom. The number of carbonyl (C=O) groups excluding carboxylic acids is 2. The molecule has 0 saturated heterocycles. The van der Waals surface area contributed by atoms with Gasteiger partial charge in [0.05, 0.1) is 0 Å². The van der Waals surface area contributed by atoms with Crippen LogP contribution in [0.5, 0.6) is 5.75 Å². The fourth-order valence-corrected chi connectivity index (χ4v) is 2.71. The van der Waals surface area contributed by atoms with Crippen LogP contribution in [-0.4, -0.2) is 20.9 Å². The van der Waals surface area contributed by atoms with Gasteiger partial charge in [0.15, 0.2) is 0 Å². The molecule has 10 heteroatoms. The van der Waals surface area contributed by atoms with Crippen LogP contribution in [0.1, 0.15) is 15.9 Å². The third-order valence-corrected chi connectivity index (χ3v) is 4.58. The van der Waals surface area contributed by atoms with Crippen molar-refractivity contribution < 1.29 is 14.3 Å². The van der Waals surface area contributed by atoms with Crippen LogP contribution >= 0.6 is 11.6 Å². The molecule has 2 amide bonds. The van der Waals surface area contributed by atoms with Crippen LogP contribution in [-0.2, 0) is 25.0 Å². The second kappa shape index (κ2) is 9.77. The number of carbonyl (C=O) groups is 2. The second-order valence-electron chi connectivity index (χ2n) is 6.57. The lowest BCUT2D eigenvalue weighted by molar-refractivity contribution is -0.122. The predicted octanol–water partition coefficient (Wildman–Crippen LogP) is 1.24. The van der Waals surface area contributed by atoms with E-state index in [1.165, 1.54) is 19.3 Å². The van der Waals surface area contributed by atoms with Crippen LogP contribution in [0.2, 0.25) is 5.02 Å². The smallest absolute Gasteiger partial charge is 0.331 e. The highest BCUT2D eigenvalue weighted by atomic mass is 35.5. The molecule has 0 atom stereocenters. The van der Waals surface area contributed by atoms with Crippen LogP contribution in [0, 0.1) is 0 Å². The van der Waals surface area contributed by atoms with Gasteiger partial charge in [0, 0.05) is 29.9 Å². The monoisotopic (exact) mass is 442 g/mol. The summed E-state index contributed by atoms with van der Waals surface area (Å²) >= 11 is 5.83. The minimum Gasteiger partial charge on any atom is -0.489 e. The maximum Gasteiger partial charge on any atom is 0.331 e. The van der Waals surface area contributed by atoms with Crippen LogP contribution in [0.4, 0.5) is 0 Å². The van der Waals surface area contributed by atoms with Crippen molar-refractivity contribution in [3.63, 3.8) is 0 Å². The Morgan fingerprint density at radius 2 is 1.65 bits per heavy atom. The number of aromatic nitrogens is 2. The zero-order chi connectivity index (χ0) is 22.4. The van der Waals surface area contributed by atoms with Crippen molar-refractivity contribution in [1.82, 2.24) is 20.0 Å². The van der Waals surface area contributed by atoms with Gasteiger partial charge >= 0.3 is 5.69 Å². The topological polar surface area (TPSA) is 111 Å². The second-order valence-corrected chi connectivity index (χ2v) is 7.00. The lowest BCUT2D eigenvalue weighted by Gasteiger charge is -2.10. The van der Waals surface area contributed by atoms with Crippen LogP contribution in [0.15, 0.2) is 70.4 Å². The molecule has 0 bridgehead atoms.